The van der Waals surface area contributed by atoms with Crippen LogP contribution in [0.4, 0.5) is 11.6 Å². The van der Waals surface area contributed by atoms with E-state index in [9.17, 15) is 0 Å². The van der Waals surface area contributed by atoms with E-state index in [4.69, 9.17) is 4.98 Å². The maximum atomic E-state index is 4.74. The third kappa shape index (κ3) is 3.83. The first kappa shape index (κ1) is 14.1. The van der Waals surface area contributed by atoms with E-state index in [1.807, 2.05) is 6.07 Å². The van der Waals surface area contributed by atoms with Gasteiger partial charge in [-0.2, -0.15) is 0 Å². The maximum absolute atomic E-state index is 4.74. The molecule has 1 aromatic heterocycles. The zero-order chi connectivity index (χ0) is 14.0. The van der Waals surface area contributed by atoms with Gasteiger partial charge in [-0.1, -0.05) is 6.07 Å². The molecular formula is C15H26N4. The van der Waals surface area contributed by atoms with E-state index in [0.29, 0.717) is 6.04 Å². The van der Waals surface area contributed by atoms with Crippen LogP contribution in [0.25, 0.3) is 0 Å². The highest BCUT2D eigenvalue weighted by molar-refractivity contribution is 5.48. The van der Waals surface area contributed by atoms with Crippen molar-refractivity contribution in [2.24, 2.45) is 0 Å². The van der Waals surface area contributed by atoms with E-state index in [0.717, 1.165) is 31.3 Å². The zero-order valence-electron chi connectivity index (χ0n) is 12.8. The van der Waals surface area contributed by atoms with Crippen LogP contribution in [-0.4, -0.2) is 48.1 Å². The Morgan fingerprint density at radius 3 is 2.63 bits per heavy atom. The molecule has 4 nitrogen and oxygen atoms in total. The second-order valence-corrected chi connectivity index (χ2v) is 6.53. The van der Waals surface area contributed by atoms with E-state index in [-0.39, 0.29) is 5.54 Å². The molecule has 0 spiro atoms. The van der Waals surface area contributed by atoms with Gasteiger partial charge in [0, 0.05) is 31.2 Å². The fraction of sp³-hybridized carbons (Fsp3) is 0.667. The van der Waals surface area contributed by atoms with E-state index >= 15 is 0 Å². The Labute approximate surface area is 116 Å². The summed E-state index contributed by atoms with van der Waals surface area (Å²) in [6, 6.07) is 6.80. The number of hydrogen-bond donors (Lipinski definition) is 1. The number of nitrogens with one attached hydrogen (secondary N) is 1. The maximum Gasteiger partial charge on any atom is 0.131 e. The van der Waals surface area contributed by atoms with Gasteiger partial charge in [-0.3, -0.25) is 0 Å². The molecule has 4 heteroatoms. The molecule has 0 bridgehead atoms. The summed E-state index contributed by atoms with van der Waals surface area (Å²) in [5.74, 6) is 2.03. The van der Waals surface area contributed by atoms with Crippen LogP contribution >= 0.6 is 0 Å². The first-order chi connectivity index (χ1) is 8.85. The minimum absolute atomic E-state index is 0.0427. The molecule has 1 aliphatic rings. The molecule has 1 saturated heterocycles. The van der Waals surface area contributed by atoms with Crippen LogP contribution < -0.4 is 10.2 Å². The Morgan fingerprint density at radius 1 is 1.26 bits per heavy atom. The topological polar surface area (TPSA) is 31.4 Å². The van der Waals surface area contributed by atoms with Crippen molar-refractivity contribution in [2.45, 2.75) is 39.3 Å². The normalized spacial score (nSPS) is 21.5. The lowest BCUT2D eigenvalue weighted by atomic mass is 10.1. The second-order valence-electron chi connectivity index (χ2n) is 6.53. The Bertz CT molecular complexity index is 424. The number of hydrogen-bond acceptors (Lipinski definition) is 4. The number of likely N-dealkylation sites (N-methyl/N-ethyl adjacent to an activating group) is 1. The summed E-state index contributed by atoms with van der Waals surface area (Å²) in [5.41, 5.74) is 0.0427. The Balaban J connectivity index is 2.10. The zero-order valence-corrected chi connectivity index (χ0v) is 12.8. The number of piperazine rings is 1. The van der Waals surface area contributed by atoms with Crippen molar-refractivity contribution < 1.29 is 0 Å². The quantitative estimate of drug-likeness (QED) is 0.887. The summed E-state index contributed by atoms with van der Waals surface area (Å²) in [4.78, 5) is 9.51. The van der Waals surface area contributed by atoms with Crippen molar-refractivity contribution in [3.8, 4) is 0 Å². The Morgan fingerprint density at radius 2 is 2.00 bits per heavy atom. The molecule has 1 aliphatic heterocycles. The highest BCUT2D eigenvalue weighted by atomic mass is 15.3. The molecule has 2 rings (SSSR count). The Hall–Kier alpha value is -1.29. The fourth-order valence-corrected chi connectivity index (χ4v) is 2.31. The molecule has 0 amide bonds. The van der Waals surface area contributed by atoms with Gasteiger partial charge < -0.3 is 15.1 Å². The van der Waals surface area contributed by atoms with E-state index in [2.05, 4.69) is 62.0 Å². The summed E-state index contributed by atoms with van der Waals surface area (Å²) in [6.45, 7) is 11.9. The third-order valence-electron chi connectivity index (χ3n) is 3.52. The predicted octanol–water partition coefficient (Wildman–Crippen LogP) is 2.43. The molecule has 0 aromatic carbocycles. The van der Waals surface area contributed by atoms with Crippen LogP contribution in [0, 0.1) is 0 Å². The molecule has 2 heterocycles. The average Bonchev–Trinajstić information content (AvgIpc) is 2.31. The van der Waals surface area contributed by atoms with Gasteiger partial charge >= 0.3 is 0 Å². The molecule has 106 valence electrons. The number of anilines is 2. The predicted molar refractivity (Wildman–Crippen MR) is 81.9 cm³/mol. The first-order valence-corrected chi connectivity index (χ1v) is 7.05. The minimum Gasteiger partial charge on any atom is -0.365 e. The Kier molecular flexibility index (Phi) is 3.99. The second kappa shape index (κ2) is 5.37. The van der Waals surface area contributed by atoms with Gasteiger partial charge in [0.25, 0.3) is 0 Å². The molecule has 1 aromatic rings. The number of nitrogens with zero attached hydrogens (tertiary/aromatic N) is 3. The first-order valence-electron chi connectivity index (χ1n) is 7.05. The summed E-state index contributed by atoms with van der Waals surface area (Å²) in [5, 5.41) is 3.43. The molecular weight excluding hydrogens is 236 g/mol. The van der Waals surface area contributed by atoms with Gasteiger partial charge in [0.2, 0.25) is 0 Å². The monoisotopic (exact) mass is 262 g/mol. The largest absolute Gasteiger partial charge is 0.365 e. The lowest BCUT2D eigenvalue weighted by molar-refractivity contribution is 0.233. The SMILES string of the molecule is CC1CN(c2cccc(NC(C)(C)C)n2)CCN1C. The summed E-state index contributed by atoms with van der Waals surface area (Å²) in [7, 11) is 2.19. The lowest BCUT2D eigenvalue weighted by Gasteiger charge is -2.38. The van der Waals surface area contributed by atoms with Gasteiger partial charge in [-0.15, -0.1) is 0 Å². The van der Waals surface area contributed by atoms with Crippen molar-refractivity contribution in [1.82, 2.24) is 9.88 Å². The van der Waals surface area contributed by atoms with Crippen LogP contribution in [0.1, 0.15) is 27.7 Å². The highest BCUT2D eigenvalue weighted by Crippen LogP contribution is 2.20. The van der Waals surface area contributed by atoms with E-state index in [1.54, 1.807) is 0 Å². The molecule has 1 N–H and O–H groups in total. The van der Waals surface area contributed by atoms with Crippen LogP contribution in [-0.2, 0) is 0 Å². The third-order valence-corrected chi connectivity index (χ3v) is 3.52. The smallest absolute Gasteiger partial charge is 0.131 e. The standard InChI is InChI=1S/C15H26N4/c1-12-11-19(10-9-18(12)5)14-8-6-7-13(16-14)17-15(2,3)4/h6-8,12H,9-11H2,1-5H3,(H,16,17). The molecule has 1 fully saturated rings. The summed E-state index contributed by atoms with van der Waals surface area (Å²) < 4.78 is 0. The van der Waals surface area contributed by atoms with Gasteiger partial charge in [0.1, 0.15) is 11.6 Å². The van der Waals surface area contributed by atoms with Gasteiger partial charge in [0.05, 0.1) is 0 Å². The van der Waals surface area contributed by atoms with Crippen molar-refractivity contribution in [2.75, 3.05) is 36.9 Å². The van der Waals surface area contributed by atoms with E-state index in [1.165, 1.54) is 0 Å². The molecule has 0 aliphatic carbocycles. The van der Waals surface area contributed by atoms with Gasteiger partial charge in [-0.05, 0) is 46.9 Å². The summed E-state index contributed by atoms with van der Waals surface area (Å²) in [6.07, 6.45) is 0. The minimum atomic E-state index is 0.0427. The summed E-state index contributed by atoms with van der Waals surface area (Å²) >= 11 is 0. The number of rotatable bonds is 2. The van der Waals surface area contributed by atoms with Gasteiger partial charge in [-0.25, -0.2) is 4.98 Å². The number of aromatic nitrogens is 1. The number of pyridine rings is 1. The molecule has 0 radical (unpaired) electrons. The van der Waals surface area contributed by atoms with E-state index < -0.39 is 0 Å². The lowest BCUT2D eigenvalue weighted by Crippen LogP contribution is -2.50. The van der Waals surface area contributed by atoms with Crippen molar-refractivity contribution >= 4 is 11.6 Å². The van der Waals surface area contributed by atoms with Crippen LogP contribution in [0.5, 0.6) is 0 Å². The molecule has 19 heavy (non-hydrogen) atoms. The van der Waals surface area contributed by atoms with Crippen LogP contribution in [0.3, 0.4) is 0 Å². The molecule has 1 atom stereocenters. The van der Waals surface area contributed by atoms with Crippen molar-refractivity contribution in [3.63, 3.8) is 0 Å². The molecule has 0 saturated carbocycles. The fourth-order valence-electron chi connectivity index (χ4n) is 2.31. The van der Waals surface area contributed by atoms with Crippen LogP contribution in [0.2, 0.25) is 0 Å². The average molecular weight is 262 g/mol. The van der Waals surface area contributed by atoms with Crippen molar-refractivity contribution in [3.05, 3.63) is 18.2 Å². The van der Waals surface area contributed by atoms with Gasteiger partial charge in [0.15, 0.2) is 0 Å². The van der Waals surface area contributed by atoms with Crippen LogP contribution in [0.15, 0.2) is 18.2 Å². The van der Waals surface area contributed by atoms with Crippen molar-refractivity contribution in [1.29, 1.82) is 0 Å². The molecule has 1 unspecified atom stereocenters. The highest BCUT2D eigenvalue weighted by Gasteiger charge is 2.21.